The molecule has 24 heavy (non-hydrogen) atoms. The number of hydrogen-bond acceptors (Lipinski definition) is 2. The van der Waals surface area contributed by atoms with Gasteiger partial charge in [0.2, 0.25) is 11.8 Å². The van der Waals surface area contributed by atoms with Crippen molar-refractivity contribution in [2.24, 2.45) is 0 Å². The van der Waals surface area contributed by atoms with Gasteiger partial charge in [0, 0.05) is 12.6 Å². The molecule has 126 valence electrons. The molecular formula is C20H24N2O2. The van der Waals surface area contributed by atoms with Crippen LogP contribution in [0.15, 0.2) is 48.5 Å². The van der Waals surface area contributed by atoms with E-state index in [4.69, 9.17) is 0 Å². The highest BCUT2D eigenvalue weighted by atomic mass is 16.2. The summed E-state index contributed by atoms with van der Waals surface area (Å²) in [5.41, 5.74) is 3.94. The molecule has 2 rings (SSSR count). The number of carbonyl (C=O) groups excluding carboxylic acids is 2. The Morgan fingerprint density at radius 3 is 2.33 bits per heavy atom. The van der Waals surface area contributed by atoms with Crippen molar-refractivity contribution in [3.63, 3.8) is 0 Å². The fourth-order valence-electron chi connectivity index (χ4n) is 2.73. The molecule has 0 aliphatic rings. The van der Waals surface area contributed by atoms with E-state index in [0.29, 0.717) is 0 Å². The highest BCUT2D eigenvalue weighted by Gasteiger charge is 2.21. The number of amides is 2. The quantitative estimate of drug-likeness (QED) is 0.908. The Morgan fingerprint density at radius 2 is 1.75 bits per heavy atom. The zero-order valence-electron chi connectivity index (χ0n) is 14.7. The number of nitrogens with zero attached hydrogens (tertiary/aromatic N) is 1. The minimum atomic E-state index is -0.195. The molecule has 0 aliphatic heterocycles. The summed E-state index contributed by atoms with van der Waals surface area (Å²) in [5.74, 6) is -0.318. The molecule has 1 N–H and O–H groups in total. The van der Waals surface area contributed by atoms with Crippen molar-refractivity contribution in [1.82, 2.24) is 4.90 Å². The first kappa shape index (κ1) is 17.7. The molecule has 1 atom stereocenters. The molecule has 0 heterocycles. The Bertz CT molecular complexity index is 726. The highest BCUT2D eigenvalue weighted by molar-refractivity contribution is 5.95. The molecular weight excluding hydrogens is 300 g/mol. The summed E-state index contributed by atoms with van der Waals surface area (Å²) in [5, 5.41) is 2.90. The fourth-order valence-corrected chi connectivity index (χ4v) is 2.73. The molecule has 0 aromatic heterocycles. The van der Waals surface area contributed by atoms with Crippen LogP contribution in [-0.2, 0) is 9.59 Å². The number of aryl methyl sites for hydroxylation is 2. The van der Waals surface area contributed by atoms with E-state index in [0.717, 1.165) is 22.4 Å². The third kappa shape index (κ3) is 4.44. The summed E-state index contributed by atoms with van der Waals surface area (Å²) in [6.45, 7) is 7.42. The first-order valence-corrected chi connectivity index (χ1v) is 8.07. The third-order valence-electron chi connectivity index (χ3n) is 4.12. The predicted octanol–water partition coefficient (Wildman–Crippen LogP) is 3.85. The summed E-state index contributed by atoms with van der Waals surface area (Å²) in [7, 11) is 0. The van der Waals surface area contributed by atoms with Crippen molar-refractivity contribution < 1.29 is 9.59 Å². The summed E-state index contributed by atoms with van der Waals surface area (Å²) in [6, 6.07) is 15.4. The van der Waals surface area contributed by atoms with E-state index in [2.05, 4.69) is 5.32 Å². The van der Waals surface area contributed by atoms with E-state index in [1.54, 1.807) is 4.90 Å². The molecule has 2 aromatic rings. The average molecular weight is 324 g/mol. The minimum absolute atomic E-state index is 0.0265. The topological polar surface area (TPSA) is 49.4 Å². The largest absolute Gasteiger partial charge is 0.327 e. The Balaban J connectivity index is 2.10. The van der Waals surface area contributed by atoms with Crippen molar-refractivity contribution in [3.8, 4) is 0 Å². The van der Waals surface area contributed by atoms with Crippen LogP contribution in [0.25, 0.3) is 0 Å². The molecule has 0 saturated carbocycles. The van der Waals surface area contributed by atoms with Crippen molar-refractivity contribution in [1.29, 1.82) is 0 Å². The van der Waals surface area contributed by atoms with E-state index in [1.165, 1.54) is 6.92 Å². The van der Waals surface area contributed by atoms with Gasteiger partial charge in [-0.25, -0.2) is 0 Å². The lowest BCUT2D eigenvalue weighted by Gasteiger charge is -2.28. The molecule has 0 spiro atoms. The summed E-state index contributed by atoms with van der Waals surface area (Å²) in [4.78, 5) is 26.0. The van der Waals surface area contributed by atoms with Crippen LogP contribution in [0, 0.1) is 13.8 Å². The average Bonchev–Trinajstić information content (AvgIpc) is 2.55. The van der Waals surface area contributed by atoms with Gasteiger partial charge in [0.15, 0.2) is 0 Å². The van der Waals surface area contributed by atoms with E-state index in [9.17, 15) is 9.59 Å². The Morgan fingerprint density at radius 1 is 1.08 bits per heavy atom. The Kier molecular flexibility index (Phi) is 5.74. The normalized spacial score (nSPS) is 11.7. The first-order valence-electron chi connectivity index (χ1n) is 8.07. The van der Waals surface area contributed by atoms with Gasteiger partial charge in [0.05, 0.1) is 6.04 Å². The van der Waals surface area contributed by atoms with E-state index < -0.39 is 0 Å². The lowest BCUT2D eigenvalue weighted by molar-refractivity contribution is -0.134. The number of rotatable bonds is 5. The second-order valence-corrected chi connectivity index (χ2v) is 6.10. The van der Waals surface area contributed by atoms with Crippen molar-refractivity contribution in [3.05, 3.63) is 65.2 Å². The molecule has 1 unspecified atom stereocenters. The van der Waals surface area contributed by atoms with Crippen LogP contribution in [0.1, 0.15) is 36.6 Å². The number of anilines is 1. The lowest BCUT2D eigenvalue weighted by Crippen LogP contribution is -2.38. The monoisotopic (exact) mass is 324 g/mol. The zero-order valence-corrected chi connectivity index (χ0v) is 14.7. The van der Waals surface area contributed by atoms with E-state index in [-0.39, 0.29) is 24.4 Å². The van der Waals surface area contributed by atoms with E-state index in [1.807, 2.05) is 69.3 Å². The summed E-state index contributed by atoms with van der Waals surface area (Å²) in [6.07, 6.45) is 0. The molecule has 0 saturated heterocycles. The maximum absolute atomic E-state index is 12.4. The van der Waals surface area contributed by atoms with Crippen LogP contribution in [0.4, 0.5) is 5.69 Å². The second-order valence-electron chi connectivity index (χ2n) is 6.10. The summed E-state index contributed by atoms with van der Waals surface area (Å²) < 4.78 is 0. The van der Waals surface area contributed by atoms with Crippen LogP contribution < -0.4 is 5.32 Å². The second kappa shape index (κ2) is 7.77. The Labute approximate surface area is 143 Å². The molecule has 4 heteroatoms. The number of carbonyl (C=O) groups is 2. The van der Waals surface area contributed by atoms with Crippen molar-refractivity contribution in [2.45, 2.75) is 33.7 Å². The maximum atomic E-state index is 12.4. The van der Waals surface area contributed by atoms with Gasteiger partial charge in [0.25, 0.3) is 0 Å². The molecule has 4 nitrogen and oxygen atoms in total. The van der Waals surface area contributed by atoms with Crippen LogP contribution in [0.5, 0.6) is 0 Å². The van der Waals surface area contributed by atoms with Gasteiger partial charge in [-0.2, -0.15) is 0 Å². The van der Waals surface area contributed by atoms with Gasteiger partial charge < -0.3 is 10.2 Å². The van der Waals surface area contributed by atoms with E-state index >= 15 is 0 Å². The zero-order chi connectivity index (χ0) is 17.7. The van der Waals surface area contributed by atoms with Crippen LogP contribution in [-0.4, -0.2) is 23.3 Å². The van der Waals surface area contributed by atoms with Crippen LogP contribution in [0.3, 0.4) is 0 Å². The number of hydrogen-bond donors (Lipinski definition) is 1. The molecule has 2 aromatic carbocycles. The molecule has 0 radical (unpaired) electrons. The standard InChI is InChI=1S/C20H24N2O2/c1-14-10-11-19(15(2)12-14)21-20(24)13-22(17(4)23)16(3)18-8-6-5-7-9-18/h5-12,16H,13H2,1-4H3,(H,21,24). The SMILES string of the molecule is CC(=O)N(CC(=O)Nc1ccc(C)cc1C)C(C)c1ccccc1. The predicted molar refractivity (Wildman–Crippen MR) is 96.8 cm³/mol. The maximum Gasteiger partial charge on any atom is 0.244 e. The fraction of sp³-hybridized carbons (Fsp3) is 0.300. The smallest absolute Gasteiger partial charge is 0.244 e. The van der Waals surface area contributed by atoms with Gasteiger partial charge in [-0.1, -0.05) is 48.0 Å². The van der Waals surface area contributed by atoms with Crippen LogP contribution >= 0.6 is 0 Å². The van der Waals surface area contributed by atoms with Gasteiger partial charge in [-0.3, -0.25) is 9.59 Å². The highest BCUT2D eigenvalue weighted by Crippen LogP contribution is 2.21. The van der Waals surface area contributed by atoms with Gasteiger partial charge >= 0.3 is 0 Å². The van der Waals surface area contributed by atoms with Crippen molar-refractivity contribution in [2.75, 3.05) is 11.9 Å². The van der Waals surface area contributed by atoms with Gasteiger partial charge in [-0.05, 0) is 38.0 Å². The molecule has 0 bridgehead atoms. The number of benzene rings is 2. The summed E-state index contributed by atoms with van der Waals surface area (Å²) >= 11 is 0. The molecule has 0 fully saturated rings. The molecule has 0 aliphatic carbocycles. The Hall–Kier alpha value is -2.62. The van der Waals surface area contributed by atoms with Crippen molar-refractivity contribution >= 4 is 17.5 Å². The van der Waals surface area contributed by atoms with Gasteiger partial charge in [-0.15, -0.1) is 0 Å². The first-order chi connectivity index (χ1) is 11.4. The minimum Gasteiger partial charge on any atom is -0.327 e. The number of nitrogens with one attached hydrogen (secondary N) is 1. The third-order valence-corrected chi connectivity index (χ3v) is 4.12. The van der Waals surface area contributed by atoms with Gasteiger partial charge in [0.1, 0.15) is 6.54 Å². The van der Waals surface area contributed by atoms with Crippen LogP contribution in [0.2, 0.25) is 0 Å². The molecule has 2 amide bonds. The lowest BCUT2D eigenvalue weighted by atomic mass is 10.1.